The van der Waals surface area contributed by atoms with E-state index in [1.54, 1.807) is 36.4 Å². The lowest BCUT2D eigenvalue weighted by atomic mass is 10.1. The number of amides is 1. The molecule has 5 N–H and O–H groups in total. The van der Waals surface area contributed by atoms with Crippen molar-refractivity contribution >= 4 is 23.0 Å². The number of carbonyl (C=O) groups is 1. The second kappa shape index (κ2) is 5.52. The van der Waals surface area contributed by atoms with E-state index in [-0.39, 0.29) is 5.91 Å². The number of nitrogens with one attached hydrogen (secondary N) is 1. The zero-order chi connectivity index (χ0) is 14.7. The first-order valence-corrected chi connectivity index (χ1v) is 6.12. The van der Waals surface area contributed by atoms with E-state index in [4.69, 9.17) is 16.2 Å². The first-order chi connectivity index (χ1) is 9.51. The molecule has 0 spiro atoms. The van der Waals surface area contributed by atoms with Gasteiger partial charge in [0.1, 0.15) is 5.75 Å². The van der Waals surface area contributed by atoms with E-state index >= 15 is 0 Å². The summed E-state index contributed by atoms with van der Waals surface area (Å²) in [5.74, 6) is 0.296. The SMILES string of the molecule is COc1cc(N)c(C)cc1NC(=O)c1ccc(N)cc1. The van der Waals surface area contributed by atoms with Gasteiger partial charge in [-0.2, -0.15) is 0 Å². The molecule has 0 atom stereocenters. The van der Waals surface area contributed by atoms with Gasteiger partial charge in [0.2, 0.25) is 0 Å². The molecule has 0 unspecified atom stereocenters. The van der Waals surface area contributed by atoms with Gasteiger partial charge in [-0.05, 0) is 42.8 Å². The molecule has 0 aliphatic rings. The molecule has 2 aromatic carbocycles. The standard InChI is InChI=1S/C15H17N3O2/c1-9-7-13(14(20-2)8-12(9)17)18-15(19)10-3-5-11(16)6-4-10/h3-8H,16-17H2,1-2H3,(H,18,19). The number of methoxy groups -OCH3 is 1. The van der Waals surface area contributed by atoms with Crippen molar-refractivity contribution in [2.75, 3.05) is 23.9 Å². The highest BCUT2D eigenvalue weighted by Crippen LogP contribution is 2.30. The molecule has 2 rings (SSSR count). The zero-order valence-electron chi connectivity index (χ0n) is 11.4. The van der Waals surface area contributed by atoms with Crippen molar-refractivity contribution in [2.24, 2.45) is 0 Å². The smallest absolute Gasteiger partial charge is 0.255 e. The predicted molar refractivity (Wildman–Crippen MR) is 81.0 cm³/mol. The molecule has 104 valence electrons. The van der Waals surface area contributed by atoms with Crippen molar-refractivity contribution in [2.45, 2.75) is 6.92 Å². The second-order valence-electron chi connectivity index (χ2n) is 4.49. The number of rotatable bonds is 3. The van der Waals surface area contributed by atoms with Gasteiger partial charge < -0.3 is 21.5 Å². The zero-order valence-corrected chi connectivity index (χ0v) is 11.4. The molecule has 0 aromatic heterocycles. The number of nitrogens with two attached hydrogens (primary N) is 2. The number of carbonyl (C=O) groups excluding carboxylic acids is 1. The maximum atomic E-state index is 12.2. The van der Waals surface area contributed by atoms with Crippen LogP contribution in [0, 0.1) is 6.92 Å². The fraction of sp³-hybridized carbons (Fsp3) is 0.133. The van der Waals surface area contributed by atoms with E-state index in [1.807, 2.05) is 6.92 Å². The van der Waals surface area contributed by atoms with Gasteiger partial charge in [0.15, 0.2) is 0 Å². The Balaban J connectivity index is 2.27. The summed E-state index contributed by atoms with van der Waals surface area (Å²) in [5.41, 5.74) is 14.6. The molecule has 0 bridgehead atoms. The van der Waals surface area contributed by atoms with Gasteiger partial charge in [-0.25, -0.2) is 0 Å². The van der Waals surface area contributed by atoms with Crippen molar-refractivity contribution in [3.8, 4) is 5.75 Å². The van der Waals surface area contributed by atoms with Crippen LogP contribution < -0.4 is 21.5 Å². The van der Waals surface area contributed by atoms with E-state index in [2.05, 4.69) is 5.32 Å². The molecule has 5 nitrogen and oxygen atoms in total. The van der Waals surface area contributed by atoms with Gasteiger partial charge in [0, 0.05) is 23.0 Å². The monoisotopic (exact) mass is 271 g/mol. The third-order valence-electron chi connectivity index (χ3n) is 3.01. The summed E-state index contributed by atoms with van der Waals surface area (Å²) in [6.45, 7) is 1.87. The summed E-state index contributed by atoms with van der Waals surface area (Å²) in [6, 6.07) is 10.2. The molecule has 1 amide bonds. The second-order valence-corrected chi connectivity index (χ2v) is 4.49. The molecule has 0 radical (unpaired) electrons. The van der Waals surface area contributed by atoms with Crippen LogP contribution in [0.4, 0.5) is 17.1 Å². The van der Waals surface area contributed by atoms with Gasteiger partial charge in [0.25, 0.3) is 5.91 Å². The van der Waals surface area contributed by atoms with Crippen LogP contribution in [0.25, 0.3) is 0 Å². The van der Waals surface area contributed by atoms with Gasteiger partial charge in [0.05, 0.1) is 12.8 Å². The van der Waals surface area contributed by atoms with Crippen molar-refractivity contribution in [3.63, 3.8) is 0 Å². The minimum absolute atomic E-state index is 0.229. The van der Waals surface area contributed by atoms with E-state index < -0.39 is 0 Å². The minimum Gasteiger partial charge on any atom is -0.494 e. The Kier molecular flexibility index (Phi) is 3.79. The summed E-state index contributed by atoms with van der Waals surface area (Å²) in [6.07, 6.45) is 0. The fourth-order valence-electron chi connectivity index (χ4n) is 1.80. The molecule has 20 heavy (non-hydrogen) atoms. The Morgan fingerprint density at radius 2 is 1.80 bits per heavy atom. The maximum Gasteiger partial charge on any atom is 0.255 e. The van der Waals surface area contributed by atoms with Crippen LogP contribution >= 0.6 is 0 Å². The van der Waals surface area contributed by atoms with Crippen LogP contribution in [0.5, 0.6) is 5.75 Å². The van der Waals surface area contributed by atoms with Crippen LogP contribution in [0.2, 0.25) is 0 Å². The van der Waals surface area contributed by atoms with Gasteiger partial charge >= 0.3 is 0 Å². The Morgan fingerprint density at radius 1 is 1.15 bits per heavy atom. The number of nitrogen functional groups attached to an aromatic ring is 2. The first-order valence-electron chi connectivity index (χ1n) is 6.12. The number of hydrogen-bond donors (Lipinski definition) is 3. The molecular formula is C15H17N3O2. The van der Waals surface area contributed by atoms with Crippen LogP contribution in [-0.2, 0) is 0 Å². The third-order valence-corrected chi connectivity index (χ3v) is 3.01. The largest absolute Gasteiger partial charge is 0.494 e. The van der Waals surface area contributed by atoms with Crippen LogP contribution in [0.3, 0.4) is 0 Å². The average Bonchev–Trinajstić information content (AvgIpc) is 2.43. The van der Waals surface area contributed by atoms with E-state index in [0.29, 0.717) is 28.4 Å². The molecule has 2 aromatic rings. The molecular weight excluding hydrogens is 254 g/mol. The van der Waals surface area contributed by atoms with E-state index in [1.165, 1.54) is 7.11 Å². The molecule has 0 aliphatic carbocycles. The molecule has 0 saturated carbocycles. The van der Waals surface area contributed by atoms with Crippen molar-refractivity contribution < 1.29 is 9.53 Å². The number of ether oxygens (including phenoxy) is 1. The van der Waals surface area contributed by atoms with E-state index in [9.17, 15) is 4.79 Å². The predicted octanol–water partition coefficient (Wildman–Crippen LogP) is 2.42. The Labute approximate surface area is 117 Å². The Hall–Kier alpha value is -2.69. The van der Waals surface area contributed by atoms with Gasteiger partial charge in [-0.15, -0.1) is 0 Å². The number of hydrogen-bond acceptors (Lipinski definition) is 4. The lowest BCUT2D eigenvalue weighted by Crippen LogP contribution is -2.13. The average molecular weight is 271 g/mol. The lowest BCUT2D eigenvalue weighted by Gasteiger charge is -2.13. The summed E-state index contributed by atoms with van der Waals surface area (Å²) in [4.78, 5) is 12.2. The van der Waals surface area contributed by atoms with Crippen molar-refractivity contribution in [3.05, 3.63) is 47.5 Å². The quantitative estimate of drug-likeness (QED) is 0.748. The Bertz CT molecular complexity index is 636. The summed E-state index contributed by atoms with van der Waals surface area (Å²) < 4.78 is 5.22. The Morgan fingerprint density at radius 3 is 2.40 bits per heavy atom. The highest BCUT2D eigenvalue weighted by molar-refractivity contribution is 6.05. The summed E-state index contributed by atoms with van der Waals surface area (Å²) >= 11 is 0. The topological polar surface area (TPSA) is 90.4 Å². The molecule has 5 heteroatoms. The van der Waals surface area contributed by atoms with Crippen LogP contribution in [0.15, 0.2) is 36.4 Å². The highest BCUT2D eigenvalue weighted by Gasteiger charge is 2.11. The molecule has 0 heterocycles. The lowest BCUT2D eigenvalue weighted by molar-refractivity contribution is 0.102. The van der Waals surface area contributed by atoms with Crippen LogP contribution in [0.1, 0.15) is 15.9 Å². The minimum atomic E-state index is -0.229. The summed E-state index contributed by atoms with van der Waals surface area (Å²) in [5, 5.41) is 2.80. The fourth-order valence-corrected chi connectivity index (χ4v) is 1.80. The highest BCUT2D eigenvalue weighted by atomic mass is 16.5. The number of aryl methyl sites for hydroxylation is 1. The molecule has 0 aliphatic heterocycles. The number of anilines is 3. The van der Waals surface area contributed by atoms with Crippen LogP contribution in [-0.4, -0.2) is 13.0 Å². The molecule has 0 fully saturated rings. The molecule has 0 saturated heterocycles. The third kappa shape index (κ3) is 2.83. The van der Waals surface area contributed by atoms with Gasteiger partial charge in [-0.1, -0.05) is 0 Å². The summed E-state index contributed by atoms with van der Waals surface area (Å²) in [7, 11) is 1.53. The van der Waals surface area contributed by atoms with Crippen molar-refractivity contribution in [1.29, 1.82) is 0 Å². The van der Waals surface area contributed by atoms with E-state index in [0.717, 1.165) is 5.56 Å². The maximum absolute atomic E-state index is 12.2. The normalized spacial score (nSPS) is 10.1. The number of benzene rings is 2. The first kappa shape index (κ1) is 13.7. The van der Waals surface area contributed by atoms with Gasteiger partial charge in [-0.3, -0.25) is 4.79 Å². The van der Waals surface area contributed by atoms with Crippen molar-refractivity contribution in [1.82, 2.24) is 0 Å².